The fourth-order valence-corrected chi connectivity index (χ4v) is 2.67. The number of primary amides is 1. The predicted molar refractivity (Wildman–Crippen MR) is 86.7 cm³/mol. The number of nitrogens with zero attached hydrogens (tertiary/aromatic N) is 3. The van der Waals surface area contributed by atoms with E-state index in [2.05, 4.69) is 30.8 Å². The molecule has 0 radical (unpaired) electrons. The van der Waals surface area contributed by atoms with Crippen LogP contribution in [0.25, 0.3) is 0 Å². The van der Waals surface area contributed by atoms with Crippen molar-refractivity contribution in [2.24, 2.45) is 5.73 Å². The monoisotopic (exact) mass is 347 g/mol. The topological polar surface area (TPSA) is 139 Å². The number of halogens is 1. The van der Waals surface area contributed by atoms with Crippen LogP contribution in [-0.2, 0) is 0 Å². The number of anilines is 1. The van der Waals surface area contributed by atoms with Crippen LogP contribution in [0.2, 0.25) is 0 Å². The molecule has 2 aromatic heterocycles. The summed E-state index contributed by atoms with van der Waals surface area (Å²) in [5.74, 6) is -0.827. The SMILES string of the molecule is Cc1ccnc(NC2CC(F)(CNC(=O)c3cc(C(N)=O)n[nH]3)C2)n1. The average Bonchev–Trinajstić information content (AvgIpc) is 3.01. The number of carbonyl (C=O) groups excluding carboxylic acids is 2. The molecule has 0 aromatic carbocycles. The van der Waals surface area contributed by atoms with E-state index in [0.717, 1.165) is 5.69 Å². The Morgan fingerprint density at radius 2 is 2.24 bits per heavy atom. The summed E-state index contributed by atoms with van der Waals surface area (Å²) < 4.78 is 14.6. The number of amides is 2. The molecule has 9 nitrogen and oxygen atoms in total. The van der Waals surface area contributed by atoms with E-state index in [9.17, 15) is 14.0 Å². The summed E-state index contributed by atoms with van der Waals surface area (Å²) in [7, 11) is 0. The molecule has 1 saturated carbocycles. The normalized spacial score (nSPS) is 22.1. The molecule has 25 heavy (non-hydrogen) atoms. The summed E-state index contributed by atoms with van der Waals surface area (Å²) >= 11 is 0. The second-order valence-corrected chi connectivity index (χ2v) is 6.14. The second-order valence-electron chi connectivity index (χ2n) is 6.14. The number of nitrogens with one attached hydrogen (secondary N) is 3. The van der Waals surface area contributed by atoms with Gasteiger partial charge >= 0.3 is 0 Å². The van der Waals surface area contributed by atoms with Crippen LogP contribution in [0.5, 0.6) is 0 Å². The minimum atomic E-state index is -1.50. The van der Waals surface area contributed by atoms with Crippen LogP contribution in [0.3, 0.4) is 0 Å². The highest BCUT2D eigenvalue weighted by Gasteiger charge is 2.45. The summed E-state index contributed by atoms with van der Waals surface area (Å²) in [4.78, 5) is 31.2. The van der Waals surface area contributed by atoms with Crippen molar-refractivity contribution in [3.8, 4) is 0 Å². The first-order valence-corrected chi connectivity index (χ1v) is 7.73. The third-order valence-electron chi connectivity index (χ3n) is 3.99. The number of aromatic amines is 1. The maximum absolute atomic E-state index is 14.6. The highest BCUT2D eigenvalue weighted by atomic mass is 19.1. The van der Waals surface area contributed by atoms with Gasteiger partial charge in [0, 0.05) is 36.8 Å². The lowest BCUT2D eigenvalue weighted by molar-refractivity contribution is 0.0475. The van der Waals surface area contributed by atoms with E-state index in [-0.39, 0.29) is 36.8 Å². The van der Waals surface area contributed by atoms with Gasteiger partial charge in [0.25, 0.3) is 11.8 Å². The maximum Gasteiger partial charge on any atom is 0.269 e. The van der Waals surface area contributed by atoms with E-state index in [1.54, 1.807) is 12.3 Å². The van der Waals surface area contributed by atoms with Gasteiger partial charge in [0.1, 0.15) is 11.4 Å². The van der Waals surface area contributed by atoms with Crippen molar-refractivity contribution in [2.45, 2.75) is 31.5 Å². The Labute approximate surface area is 142 Å². The molecule has 2 heterocycles. The van der Waals surface area contributed by atoms with E-state index < -0.39 is 17.5 Å². The van der Waals surface area contributed by atoms with Gasteiger partial charge in [-0.05, 0) is 13.0 Å². The summed E-state index contributed by atoms with van der Waals surface area (Å²) in [5.41, 5.74) is 4.39. The lowest BCUT2D eigenvalue weighted by atomic mass is 9.77. The van der Waals surface area contributed by atoms with E-state index >= 15 is 0 Å². The average molecular weight is 347 g/mol. The molecule has 0 unspecified atom stereocenters. The zero-order valence-electron chi connectivity index (χ0n) is 13.5. The Balaban J connectivity index is 1.47. The fraction of sp³-hybridized carbons (Fsp3) is 0.400. The Bertz CT molecular complexity index is 801. The number of hydrogen-bond acceptors (Lipinski definition) is 6. The van der Waals surface area contributed by atoms with Gasteiger partial charge in [-0.1, -0.05) is 0 Å². The van der Waals surface area contributed by atoms with Gasteiger partial charge in [-0.15, -0.1) is 0 Å². The quantitative estimate of drug-likeness (QED) is 0.593. The second kappa shape index (κ2) is 6.46. The van der Waals surface area contributed by atoms with Crippen molar-refractivity contribution in [3.63, 3.8) is 0 Å². The Morgan fingerprint density at radius 1 is 1.48 bits per heavy atom. The minimum Gasteiger partial charge on any atom is -0.364 e. The van der Waals surface area contributed by atoms with Crippen molar-refractivity contribution in [3.05, 3.63) is 35.4 Å². The number of carbonyl (C=O) groups is 2. The number of nitrogens with two attached hydrogens (primary N) is 1. The van der Waals surface area contributed by atoms with Gasteiger partial charge in [-0.25, -0.2) is 14.4 Å². The molecule has 2 amide bonds. The number of H-pyrrole nitrogens is 1. The molecule has 0 bridgehead atoms. The van der Waals surface area contributed by atoms with Crippen molar-refractivity contribution < 1.29 is 14.0 Å². The third-order valence-corrected chi connectivity index (χ3v) is 3.99. The van der Waals surface area contributed by atoms with Gasteiger partial charge in [-0.2, -0.15) is 5.10 Å². The minimum absolute atomic E-state index is 0.0498. The zero-order chi connectivity index (χ0) is 18.0. The molecule has 1 aliphatic carbocycles. The molecule has 1 fully saturated rings. The molecule has 0 aliphatic heterocycles. The summed E-state index contributed by atoms with van der Waals surface area (Å²) in [5, 5.41) is 11.6. The molecular weight excluding hydrogens is 329 g/mol. The fourth-order valence-electron chi connectivity index (χ4n) is 2.67. The number of rotatable bonds is 6. The third kappa shape index (κ3) is 3.90. The van der Waals surface area contributed by atoms with Gasteiger partial charge in [0.15, 0.2) is 5.69 Å². The summed E-state index contributed by atoms with van der Waals surface area (Å²) in [6, 6.07) is 2.92. The lowest BCUT2D eigenvalue weighted by Crippen LogP contribution is -2.54. The molecule has 1 aliphatic rings. The first-order chi connectivity index (χ1) is 11.8. The summed E-state index contributed by atoms with van der Waals surface area (Å²) in [6.07, 6.45) is 2.11. The van der Waals surface area contributed by atoms with Gasteiger partial charge in [0.05, 0.1) is 6.54 Å². The molecule has 0 saturated heterocycles. The van der Waals surface area contributed by atoms with Crippen molar-refractivity contribution >= 4 is 17.8 Å². The van der Waals surface area contributed by atoms with Crippen LogP contribution in [0, 0.1) is 6.92 Å². The Morgan fingerprint density at radius 3 is 2.88 bits per heavy atom. The molecule has 2 aromatic rings. The summed E-state index contributed by atoms with van der Waals surface area (Å²) in [6.45, 7) is 1.71. The number of hydrogen-bond donors (Lipinski definition) is 4. The van der Waals surface area contributed by atoms with Crippen LogP contribution in [0.1, 0.15) is 39.5 Å². The smallest absolute Gasteiger partial charge is 0.269 e. The number of aromatic nitrogens is 4. The Kier molecular flexibility index (Phi) is 4.34. The van der Waals surface area contributed by atoms with Crippen LogP contribution >= 0.6 is 0 Å². The van der Waals surface area contributed by atoms with Crippen molar-refractivity contribution in [2.75, 3.05) is 11.9 Å². The molecule has 3 rings (SSSR count). The number of aryl methyl sites for hydroxylation is 1. The Hall–Kier alpha value is -3.04. The first kappa shape index (κ1) is 16.8. The highest BCUT2D eigenvalue weighted by Crippen LogP contribution is 2.37. The molecule has 132 valence electrons. The molecule has 0 spiro atoms. The molecule has 0 atom stereocenters. The van der Waals surface area contributed by atoms with Crippen LogP contribution in [0.4, 0.5) is 10.3 Å². The van der Waals surface area contributed by atoms with E-state index in [0.29, 0.717) is 5.95 Å². The standard InChI is InChI=1S/C15H18FN7O2/c1-8-2-3-18-14(20-8)21-9-5-15(16,6-9)7-19-13(25)11-4-10(12(17)24)22-23-11/h2-4,9H,5-7H2,1H3,(H2,17,24)(H,19,25)(H,22,23)(H,18,20,21). The van der Waals surface area contributed by atoms with Crippen molar-refractivity contribution in [1.82, 2.24) is 25.5 Å². The highest BCUT2D eigenvalue weighted by molar-refractivity contribution is 5.96. The molecular formula is C15H18FN7O2. The molecule has 5 N–H and O–H groups in total. The van der Waals surface area contributed by atoms with Crippen LogP contribution in [0.15, 0.2) is 18.3 Å². The van der Waals surface area contributed by atoms with Gasteiger partial charge < -0.3 is 16.4 Å². The van der Waals surface area contributed by atoms with E-state index in [1.165, 1.54) is 6.07 Å². The van der Waals surface area contributed by atoms with Crippen LogP contribution in [-0.4, -0.2) is 50.2 Å². The maximum atomic E-state index is 14.6. The van der Waals surface area contributed by atoms with E-state index in [4.69, 9.17) is 5.73 Å². The van der Waals surface area contributed by atoms with Crippen molar-refractivity contribution in [1.29, 1.82) is 0 Å². The predicted octanol–water partition coefficient (Wildman–Crippen LogP) is 0.320. The number of alkyl halides is 1. The van der Waals surface area contributed by atoms with E-state index in [1.807, 2.05) is 6.92 Å². The lowest BCUT2D eigenvalue weighted by Gasteiger charge is -2.41. The first-order valence-electron chi connectivity index (χ1n) is 7.73. The van der Waals surface area contributed by atoms with Gasteiger partial charge in [-0.3, -0.25) is 14.7 Å². The molecule has 10 heteroatoms. The van der Waals surface area contributed by atoms with Gasteiger partial charge in [0.2, 0.25) is 5.95 Å². The zero-order valence-corrected chi connectivity index (χ0v) is 13.5. The van der Waals surface area contributed by atoms with Crippen LogP contribution < -0.4 is 16.4 Å². The largest absolute Gasteiger partial charge is 0.364 e.